The van der Waals surface area contributed by atoms with Crippen molar-refractivity contribution in [2.24, 2.45) is 17.3 Å². The zero-order valence-corrected chi connectivity index (χ0v) is 13.7. The summed E-state index contributed by atoms with van der Waals surface area (Å²) in [6.45, 7) is 10.7. The molecule has 2 aliphatic carbocycles. The first kappa shape index (κ1) is 14.5. The third-order valence-electron chi connectivity index (χ3n) is 4.94. The monoisotopic (exact) mass is 269 g/mol. The standard InChI is InChI=1S/C15H31NOSi/c1-17-8-7-16-11-15(12-18(2,3)4)10-13-5-6-14(15)9-13/h13-14,16H,5-12H2,1-4H3. The van der Waals surface area contributed by atoms with Crippen molar-refractivity contribution in [3.63, 3.8) is 0 Å². The Labute approximate surface area is 114 Å². The van der Waals surface area contributed by atoms with Crippen molar-refractivity contribution < 1.29 is 4.74 Å². The van der Waals surface area contributed by atoms with Gasteiger partial charge in [-0.25, -0.2) is 0 Å². The fourth-order valence-corrected chi connectivity index (χ4v) is 7.29. The summed E-state index contributed by atoms with van der Waals surface area (Å²) in [7, 11) is 0.817. The van der Waals surface area contributed by atoms with E-state index in [1.165, 1.54) is 38.3 Å². The van der Waals surface area contributed by atoms with E-state index >= 15 is 0 Å². The van der Waals surface area contributed by atoms with Gasteiger partial charge in [0.25, 0.3) is 0 Å². The van der Waals surface area contributed by atoms with Crippen LogP contribution in [0.3, 0.4) is 0 Å². The minimum atomic E-state index is -0.972. The molecule has 2 bridgehead atoms. The fourth-order valence-electron chi connectivity index (χ4n) is 4.62. The second-order valence-electron chi connectivity index (χ2n) is 7.85. The topological polar surface area (TPSA) is 21.3 Å². The van der Waals surface area contributed by atoms with Gasteiger partial charge in [0.15, 0.2) is 0 Å². The fraction of sp³-hybridized carbons (Fsp3) is 1.00. The summed E-state index contributed by atoms with van der Waals surface area (Å²) in [5.41, 5.74) is 0.640. The smallest absolute Gasteiger partial charge is 0.0587 e. The molecule has 0 aromatic heterocycles. The maximum atomic E-state index is 5.15. The van der Waals surface area contributed by atoms with Gasteiger partial charge in [0.05, 0.1) is 6.61 Å². The molecule has 3 heteroatoms. The van der Waals surface area contributed by atoms with Crippen LogP contribution >= 0.6 is 0 Å². The first-order valence-electron chi connectivity index (χ1n) is 7.65. The van der Waals surface area contributed by atoms with Crippen molar-refractivity contribution in [1.29, 1.82) is 0 Å². The van der Waals surface area contributed by atoms with Crippen LogP contribution in [-0.4, -0.2) is 34.9 Å². The molecule has 106 valence electrons. The molecule has 0 aromatic carbocycles. The van der Waals surface area contributed by atoms with Crippen LogP contribution in [0.4, 0.5) is 0 Å². The van der Waals surface area contributed by atoms with Crippen molar-refractivity contribution in [2.45, 2.75) is 51.4 Å². The maximum absolute atomic E-state index is 5.15. The molecule has 2 rings (SSSR count). The van der Waals surface area contributed by atoms with Crippen molar-refractivity contribution >= 4 is 8.07 Å². The van der Waals surface area contributed by atoms with Crippen molar-refractivity contribution in [3.8, 4) is 0 Å². The molecule has 1 N–H and O–H groups in total. The molecule has 0 saturated heterocycles. The van der Waals surface area contributed by atoms with E-state index < -0.39 is 8.07 Å². The number of ether oxygens (including phenoxy) is 1. The van der Waals surface area contributed by atoms with Crippen molar-refractivity contribution in [3.05, 3.63) is 0 Å². The lowest BCUT2D eigenvalue weighted by molar-refractivity contribution is 0.162. The highest BCUT2D eigenvalue weighted by Gasteiger charge is 2.51. The SMILES string of the molecule is COCCNCC1(C[Si](C)(C)C)CC2CCC1C2. The van der Waals surface area contributed by atoms with Gasteiger partial charge in [-0.15, -0.1) is 0 Å². The van der Waals surface area contributed by atoms with Crippen molar-refractivity contribution in [2.75, 3.05) is 26.8 Å². The predicted molar refractivity (Wildman–Crippen MR) is 80.8 cm³/mol. The van der Waals surface area contributed by atoms with E-state index in [9.17, 15) is 0 Å². The molecule has 3 unspecified atom stereocenters. The summed E-state index contributed by atoms with van der Waals surface area (Å²) in [6, 6.07) is 1.52. The molecule has 2 aliphatic rings. The Hall–Kier alpha value is 0.137. The Kier molecular flexibility index (Phi) is 4.55. The molecule has 0 spiro atoms. The van der Waals surface area contributed by atoms with Gasteiger partial charge in [-0.05, 0) is 36.5 Å². The number of hydrogen-bond acceptors (Lipinski definition) is 2. The largest absolute Gasteiger partial charge is 0.383 e. The Morgan fingerprint density at radius 3 is 2.56 bits per heavy atom. The Morgan fingerprint density at radius 1 is 1.28 bits per heavy atom. The van der Waals surface area contributed by atoms with E-state index in [0.29, 0.717) is 5.41 Å². The van der Waals surface area contributed by atoms with Crippen LogP contribution in [0, 0.1) is 17.3 Å². The Balaban J connectivity index is 1.95. The van der Waals surface area contributed by atoms with Gasteiger partial charge in [0.1, 0.15) is 0 Å². The quantitative estimate of drug-likeness (QED) is 0.565. The molecule has 2 saturated carbocycles. The summed E-state index contributed by atoms with van der Waals surface area (Å²) in [4.78, 5) is 0. The van der Waals surface area contributed by atoms with Crippen LogP contribution in [0.15, 0.2) is 0 Å². The lowest BCUT2D eigenvalue weighted by atomic mass is 9.74. The summed E-state index contributed by atoms with van der Waals surface area (Å²) < 4.78 is 5.15. The Bertz CT molecular complexity index is 276. The second kappa shape index (κ2) is 5.64. The van der Waals surface area contributed by atoms with Gasteiger partial charge in [-0.1, -0.05) is 32.1 Å². The van der Waals surface area contributed by atoms with Crippen LogP contribution in [0.5, 0.6) is 0 Å². The third kappa shape index (κ3) is 3.37. The van der Waals surface area contributed by atoms with Crippen molar-refractivity contribution in [1.82, 2.24) is 5.32 Å². The van der Waals surface area contributed by atoms with E-state index in [4.69, 9.17) is 4.74 Å². The van der Waals surface area contributed by atoms with Gasteiger partial charge < -0.3 is 10.1 Å². The summed E-state index contributed by atoms with van der Waals surface area (Å²) >= 11 is 0. The Morgan fingerprint density at radius 2 is 2.06 bits per heavy atom. The minimum Gasteiger partial charge on any atom is -0.383 e. The maximum Gasteiger partial charge on any atom is 0.0587 e. The second-order valence-corrected chi connectivity index (χ2v) is 13.3. The lowest BCUT2D eigenvalue weighted by Gasteiger charge is -2.42. The summed E-state index contributed by atoms with van der Waals surface area (Å²) in [6.07, 6.45) is 6.04. The van der Waals surface area contributed by atoms with Gasteiger partial charge in [0.2, 0.25) is 0 Å². The van der Waals surface area contributed by atoms with E-state index in [1.54, 1.807) is 7.11 Å². The van der Waals surface area contributed by atoms with Gasteiger partial charge in [0, 0.05) is 28.3 Å². The molecule has 0 aliphatic heterocycles. The van der Waals surface area contributed by atoms with E-state index in [2.05, 4.69) is 25.0 Å². The number of rotatable bonds is 7. The predicted octanol–water partition coefficient (Wildman–Crippen LogP) is 3.37. The summed E-state index contributed by atoms with van der Waals surface area (Å²) in [5, 5.41) is 3.67. The van der Waals surface area contributed by atoms with Gasteiger partial charge in [-0.3, -0.25) is 0 Å². The molecular formula is C15H31NOSi. The first-order chi connectivity index (χ1) is 8.45. The van der Waals surface area contributed by atoms with Crippen LogP contribution in [0.1, 0.15) is 25.7 Å². The summed E-state index contributed by atoms with van der Waals surface area (Å²) in [5.74, 6) is 2.07. The minimum absolute atomic E-state index is 0.640. The normalized spacial score (nSPS) is 35.3. The average molecular weight is 270 g/mol. The molecule has 0 radical (unpaired) electrons. The van der Waals surface area contributed by atoms with Crippen LogP contribution in [-0.2, 0) is 4.74 Å². The van der Waals surface area contributed by atoms with Gasteiger partial charge in [-0.2, -0.15) is 0 Å². The number of methoxy groups -OCH3 is 1. The van der Waals surface area contributed by atoms with E-state index in [0.717, 1.165) is 25.0 Å². The zero-order valence-electron chi connectivity index (χ0n) is 12.7. The number of nitrogens with one attached hydrogen (secondary N) is 1. The molecule has 0 amide bonds. The molecule has 2 nitrogen and oxygen atoms in total. The lowest BCUT2D eigenvalue weighted by Crippen LogP contribution is -2.44. The third-order valence-corrected chi connectivity index (χ3v) is 6.71. The van der Waals surface area contributed by atoms with Crippen LogP contribution in [0.2, 0.25) is 25.7 Å². The highest BCUT2D eigenvalue weighted by Crippen LogP contribution is 2.58. The highest BCUT2D eigenvalue weighted by molar-refractivity contribution is 6.76. The molecule has 18 heavy (non-hydrogen) atoms. The first-order valence-corrected chi connectivity index (χ1v) is 11.4. The number of fused-ring (bicyclic) bond motifs is 2. The number of hydrogen-bond donors (Lipinski definition) is 1. The average Bonchev–Trinajstić information content (AvgIpc) is 2.82. The molecule has 2 fully saturated rings. The van der Waals surface area contributed by atoms with E-state index in [-0.39, 0.29) is 0 Å². The van der Waals surface area contributed by atoms with Gasteiger partial charge >= 0.3 is 0 Å². The van der Waals surface area contributed by atoms with Crippen LogP contribution in [0.25, 0.3) is 0 Å². The molecular weight excluding hydrogens is 238 g/mol. The van der Waals surface area contributed by atoms with E-state index in [1.807, 2.05) is 0 Å². The zero-order chi connectivity index (χ0) is 13.2. The highest BCUT2D eigenvalue weighted by atomic mass is 28.3. The molecule has 0 aromatic rings. The van der Waals surface area contributed by atoms with Crippen LogP contribution < -0.4 is 5.32 Å². The molecule has 0 heterocycles. The molecule has 3 atom stereocenters.